The van der Waals surface area contributed by atoms with Crippen molar-refractivity contribution in [3.8, 4) is 0 Å². The fraction of sp³-hybridized carbons (Fsp3) is 0.235. The van der Waals surface area contributed by atoms with Gasteiger partial charge in [0.15, 0.2) is 0 Å². The molecular weight excluding hydrogens is 454 g/mol. The number of hydrogen-bond donors (Lipinski definition) is 1. The van der Waals surface area contributed by atoms with Crippen LogP contribution >= 0.6 is 46.4 Å². The molecule has 0 aromatic heterocycles. The molecule has 0 spiro atoms. The van der Waals surface area contributed by atoms with Gasteiger partial charge in [-0.1, -0.05) is 52.5 Å². The van der Waals surface area contributed by atoms with Crippen LogP contribution in [0.2, 0.25) is 20.1 Å². The quantitative estimate of drug-likeness (QED) is 0.583. The SMILES string of the molecule is CS(=O)(=O)N(CCCC(=O)Nc1cccc(Cl)c1Cl)c1cc(Cl)ccc1Cl. The summed E-state index contributed by atoms with van der Waals surface area (Å²) in [6, 6.07) is 9.45. The van der Waals surface area contributed by atoms with Crippen LogP contribution in [-0.4, -0.2) is 27.1 Å². The zero-order chi connectivity index (χ0) is 20.2. The van der Waals surface area contributed by atoms with E-state index in [0.29, 0.717) is 15.7 Å². The Hall–Kier alpha value is -1.18. The molecule has 1 amide bonds. The Kier molecular flexibility index (Phi) is 7.65. The summed E-state index contributed by atoms with van der Waals surface area (Å²) >= 11 is 24.0. The van der Waals surface area contributed by atoms with Gasteiger partial charge in [-0.3, -0.25) is 9.10 Å². The Morgan fingerprint density at radius 2 is 1.78 bits per heavy atom. The second-order valence-electron chi connectivity index (χ2n) is 5.68. The van der Waals surface area contributed by atoms with E-state index in [0.717, 1.165) is 10.6 Å². The number of carbonyl (C=O) groups is 1. The highest BCUT2D eigenvalue weighted by molar-refractivity contribution is 7.92. The lowest BCUT2D eigenvalue weighted by Gasteiger charge is -2.23. The molecule has 1 N–H and O–H groups in total. The number of hydrogen-bond acceptors (Lipinski definition) is 3. The van der Waals surface area contributed by atoms with Gasteiger partial charge in [0.25, 0.3) is 0 Å². The number of sulfonamides is 1. The van der Waals surface area contributed by atoms with Crippen molar-refractivity contribution >= 4 is 73.7 Å². The van der Waals surface area contributed by atoms with Gasteiger partial charge in [0.05, 0.1) is 32.7 Å². The van der Waals surface area contributed by atoms with Crippen molar-refractivity contribution in [2.24, 2.45) is 0 Å². The zero-order valence-corrected chi connectivity index (χ0v) is 18.0. The van der Waals surface area contributed by atoms with E-state index in [4.69, 9.17) is 46.4 Å². The summed E-state index contributed by atoms with van der Waals surface area (Å²) in [5, 5.41) is 3.83. The molecule has 0 unspecified atom stereocenters. The largest absolute Gasteiger partial charge is 0.325 e. The molecular formula is C17H16Cl4N2O3S. The van der Waals surface area contributed by atoms with Gasteiger partial charge >= 0.3 is 0 Å². The fourth-order valence-electron chi connectivity index (χ4n) is 2.34. The standard InChI is InChI=1S/C17H16Cl4N2O3S/c1-27(25,26)23(15-10-11(18)7-8-12(15)19)9-3-6-16(24)22-14-5-2-4-13(20)17(14)21/h2,4-5,7-8,10H,3,6,9H2,1H3,(H,22,24). The van der Waals surface area contributed by atoms with E-state index in [1.165, 1.54) is 12.1 Å². The Labute approximate surface area is 178 Å². The molecule has 5 nitrogen and oxygen atoms in total. The number of benzene rings is 2. The smallest absolute Gasteiger partial charge is 0.232 e. The van der Waals surface area contributed by atoms with E-state index in [2.05, 4.69) is 5.32 Å². The van der Waals surface area contributed by atoms with Gasteiger partial charge in [-0.15, -0.1) is 0 Å². The summed E-state index contributed by atoms with van der Waals surface area (Å²) < 4.78 is 25.4. The van der Waals surface area contributed by atoms with Crippen LogP contribution < -0.4 is 9.62 Å². The minimum atomic E-state index is -3.61. The highest BCUT2D eigenvalue weighted by atomic mass is 35.5. The minimum Gasteiger partial charge on any atom is -0.325 e. The summed E-state index contributed by atoms with van der Waals surface area (Å²) in [6.07, 6.45) is 1.41. The third-order valence-electron chi connectivity index (χ3n) is 3.57. The molecule has 0 saturated heterocycles. The molecule has 0 bridgehead atoms. The average Bonchev–Trinajstić information content (AvgIpc) is 2.57. The average molecular weight is 470 g/mol. The van der Waals surface area contributed by atoms with Gasteiger partial charge in [0.2, 0.25) is 15.9 Å². The monoisotopic (exact) mass is 468 g/mol. The van der Waals surface area contributed by atoms with E-state index < -0.39 is 10.0 Å². The summed E-state index contributed by atoms with van der Waals surface area (Å²) in [5.41, 5.74) is 0.664. The highest BCUT2D eigenvalue weighted by Gasteiger charge is 2.20. The summed E-state index contributed by atoms with van der Waals surface area (Å²) in [4.78, 5) is 12.1. The van der Waals surface area contributed by atoms with Crippen molar-refractivity contribution in [3.05, 3.63) is 56.5 Å². The summed E-state index contributed by atoms with van der Waals surface area (Å²) in [5.74, 6) is -0.315. The Balaban J connectivity index is 2.05. The Morgan fingerprint density at radius 1 is 1.07 bits per heavy atom. The van der Waals surface area contributed by atoms with E-state index in [1.807, 2.05) is 0 Å². The maximum Gasteiger partial charge on any atom is 0.232 e. The van der Waals surface area contributed by atoms with E-state index in [-0.39, 0.29) is 41.0 Å². The van der Waals surface area contributed by atoms with Crippen molar-refractivity contribution in [2.75, 3.05) is 22.4 Å². The molecule has 0 saturated carbocycles. The summed E-state index contributed by atoms with van der Waals surface area (Å²) in [6.45, 7) is 0.0651. The van der Waals surface area contributed by atoms with Crippen LogP contribution in [0.4, 0.5) is 11.4 Å². The van der Waals surface area contributed by atoms with Crippen molar-refractivity contribution in [1.82, 2.24) is 0 Å². The predicted octanol–water partition coefficient (Wildman–Crippen LogP) is 5.49. The van der Waals surface area contributed by atoms with Crippen LogP contribution in [0.1, 0.15) is 12.8 Å². The van der Waals surface area contributed by atoms with Crippen molar-refractivity contribution in [3.63, 3.8) is 0 Å². The minimum absolute atomic E-state index is 0.0651. The number of nitrogens with zero attached hydrogens (tertiary/aromatic N) is 1. The third-order valence-corrected chi connectivity index (χ3v) is 6.12. The molecule has 0 heterocycles. The van der Waals surface area contributed by atoms with Gasteiger partial charge in [0.1, 0.15) is 0 Å². The summed E-state index contributed by atoms with van der Waals surface area (Å²) in [7, 11) is -3.61. The van der Waals surface area contributed by atoms with Gasteiger partial charge in [-0.25, -0.2) is 8.42 Å². The number of rotatable bonds is 7. The molecule has 146 valence electrons. The predicted molar refractivity (Wildman–Crippen MR) is 113 cm³/mol. The maximum atomic E-state index is 12.1. The van der Waals surface area contributed by atoms with Crippen LogP contribution in [0.5, 0.6) is 0 Å². The first-order valence-electron chi connectivity index (χ1n) is 7.76. The molecule has 0 aliphatic carbocycles. The van der Waals surface area contributed by atoms with Crippen LogP contribution in [0.3, 0.4) is 0 Å². The normalized spacial score (nSPS) is 11.3. The van der Waals surface area contributed by atoms with Crippen molar-refractivity contribution < 1.29 is 13.2 Å². The molecule has 0 radical (unpaired) electrons. The van der Waals surface area contributed by atoms with E-state index >= 15 is 0 Å². The lowest BCUT2D eigenvalue weighted by molar-refractivity contribution is -0.116. The Morgan fingerprint density at radius 3 is 2.44 bits per heavy atom. The number of carbonyl (C=O) groups excluding carboxylic acids is 1. The van der Waals surface area contributed by atoms with Crippen molar-refractivity contribution in [2.45, 2.75) is 12.8 Å². The molecule has 10 heteroatoms. The van der Waals surface area contributed by atoms with E-state index in [1.54, 1.807) is 24.3 Å². The van der Waals surface area contributed by atoms with Crippen LogP contribution in [-0.2, 0) is 14.8 Å². The van der Waals surface area contributed by atoms with Crippen LogP contribution in [0, 0.1) is 0 Å². The second kappa shape index (κ2) is 9.34. The van der Waals surface area contributed by atoms with Crippen molar-refractivity contribution in [1.29, 1.82) is 0 Å². The van der Waals surface area contributed by atoms with Gasteiger partial charge < -0.3 is 5.32 Å². The zero-order valence-electron chi connectivity index (χ0n) is 14.2. The van der Waals surface area contributed by atoms with Gasteiger partial charge in [-0.2, -0.15) is 0 Å². The van der Waals surface area contributed by atoms with Gasteiger partial charge in [0, 0.05) is 18.0 Å². The first-order valence-corrected chi connectivity index (χ1v) is 11.1. The first kappa shape index (κ1) is 22.1. The topological polar surface area (TPSA) is 66.5 Å². The molecule has 2 aromatic rings. The molecule has 0 atom stereocenters. The molecule has 27 heavy (non-hydrogen) atoms. The first-order chi connectivity index (χ1) is 12.6. The molecule has 2 rings (SSSR count). The molecule has 0 aliphatic rings. The highest BCUT2D eigenvalue weighted by Crippen LogP contribution is 2.31. The number of anilines is 2. The fourth-order valence-corrected chi connectivity index (χ4v) is 4.09. The molecule has 0 aliphatic heterocycles. The number of halogens is 4. The van der Waals surface area contributed by atoms with E-state index in [9.17, 15) is 13.2 Å². The van der Waals surface area contributed by atoms with Crippen LogP contribution in [0.15, 0.2) is 36.4 Å². The number of nitrogens with one attached hydrogen (secondary N) is 1. The van der Waals surface area contributed by atoms with Crippen LogP contribution in [0.25, 0.3) is 0 Å². The van der Waals surface area contributed by atoms with Gasteiger partial charge in [-0.05, 0) is 36.8 Å². The lowest BCUT2D eigenvalue weighted by atomic mass is 10.2. The Bertz CT molecular complexity index is 951. The lowest BCUT2D eigenvalue weighted by Crippen LogP contribution is -2.31. The maximum absolute atomic E-state index is 12.1. The molecule has 0 fully saturated rings. The third kappa shape index (κ3) is 6.16. The second-order valence-corrected chi connectivity index (χ2v) is 9.22. The number of amides is 1. The molecule has 2 aromatic carbocycles.